The SMILES string of the molecule is CCC(NCCCC(N)=O)c1ccc(OC)cc1. The summed E-state index contributed by atoms with van der Waals surface area (Å²) in [6.45, 7) is 2.93. The zero-order chi connectivity index (χ0) is 13.4. The maximum absolute atomic E-state index is 10.6. The van der Waals surface area contributed by atoms with Gasteiger partial charge in [0.15, 0.2) is 0 Å². The molecule has 1 amide bonds. The summed E-state index contributed by atoms with van der Waals surface area (Å²) in [5.74, 6) is 0.622. The molecule has 4 nitrogen and oxygen atoms in total. The minimum Gasteiger partial charge on any atom is -0.497 e. The molecule has 0 saturated carbocycles. The number of nitrogens with two attached hydrogens (primary N) is 1. The third kappa shape index (κ3) is 4.75. The van der Waals surface area contributed by atoms with E-state index in [2.05, 4.69) is 24.4 Å². The van der Waals surface area contributed by atoms with Gasteiger partial charge in [0.05, 0.1) is 7.11 Å². The van der Waals surface area contributed by atoms with E-state index < -0.39 is 0 Å². The number of primary amides is 1. The van der Waals surface area contributed by atoms with Gasteiger partial charge in [0.2, 0.25) is 5.91 Å². The number of hydrogen-bond donors (Lipinski definition) is 2. The van der Waals surface area contributed by atoms with Gasteiger partial charge in [-0.1, -0.05) is 19.1 Å². The number of methoxy groups -OCH3 is 1. The number of carbonyl (C=O) groups excluding carboxylic acids is 1. The molecule has 0 heterocycles. The van der Waals surface area contributed by atoms with Gasteiger partial charge in [-0.25, -0.2) is 0 Å². The summed E-state index contributed by atoms with van der Waals surface area (Å²) in [6, 6.07) is 8.36. The van der Waals surface area contributed by atoms with Crippen LogP contribution in [0.1, 0.15) is 37.8 Å². The summed E-state index contributed by atoms with van der Waals surface area (Å²) >= 11 is 0. The quantitative estimate of drug-likeness (QED) is 0.694. The number of ether oxygens (including phenoxy) is 1. The van der Waals surface area contributed by atoms with Gasteiger partial charge in [0.25, 0.3) is 0 Å². The van der Waals surface area contributed by atoms with Gasteiger partial charge >= 0.3 is 0 Å². The van der Waals surface area contributed by atoms with E-state index in [-0.39, 0.29) is 5.91 Å². The highest BCUT2D eigenvalue weighted by Gasteiger charge is 2.08. The van der Waals surface area contributed by atoms with Gasteiger partial charge < -0.3 is 15.8 Å². The Morgan fingerprint density at radius 1 is 1.39 bits per heavy atom. The highest BCUT2D eigenvalue weighted by Crippen LogP contribution is 2.19. The minimum atomic E-state index is -0.241. The van der Waals surface area contributed by atoms with Crippen LogP contribution in [-0.4, -0.2) is 19.6 Å². The van der Waals surface area contributed by atoms with E-state index in [1.807, 2.05) is 12.1 Å². The van der Waals surface area contributed by atoms with Gasteiger partial charge in [0.1, 0.15) is 5.75 Å². The van der Waals surface area contributed by atoms with E-state index in [4.69, 9.17) is 10.5 Å². The van der Waals surface area contributed by atoms with Crippen LogP contribution in [0.25, 0.3) is 0 Å². The Kier molecular flexibility index (Phi) is 6.22. The van der Waals surface area contributed by atoms with E-state index in [0.29, 0.717) is 12.5 Å². The molecule has 1 rings (SSSR count). The van der Waals surface area contributed by atoms with Crippen LogP contribution in [0.2, 0.25) is 0 Å². The van der Waals surface area contributed by atoms with Crippen LogP contribution in [0.15, 0.2) is 24.3 Å². The van der Waals surface area contributed by atoms with E-state index in [0.717, 1.165) is 25.1 Å². The second-order valence-corrected chi connectivity index (χ2v) is 4.26. The Morgan fingerprint density at radius 3 is 2.56 bits per heavy atom. The fraction of sp³-hybridized carbons (Fsp3) is 0.500. The third-order valence-electron chi connectivity index (χ3n) is 2.92. The predicted octanol–water partition coefficient (Wildman–Crippen LogP) is 2.00. The zero-order valence-corrected chi connectivity index (χ0v) is 11.1. The van der Waals surface area contributed by atoms with Crippen LogP contribution in [-0.2, 0) is 4.79 Å². The molecular weight excluding hydrogens is 228 g/mol. The summed E-state index contributed by atoms with van der Waals surface area (Å²) in [5.41, 5.74) is 6.34. The molecule has 0 fully saturated rings. The third-order valence-corrected chi connectivity index (χ3v) is 2.92. The molecular formula is C14H22N2O2. The molecule has 0 aliphatic heterocycles. The lowest BCUT2D eigenvalue weighted by Gasteiger charge is -2.17. The molecule has 18 heavy (non-hydrogen) atoms. The normalized spacial score (nSPS) is 12.1. The summed E-state index contributed by atoms with van der Waals surface area (Å²) in [7, 11) is 1.66. The lowest BCUT2D eigenvalue weighted by atomic mass is 10.0. The van der Waals surface area contributed by atoms with Crippen molar-refractivity contribution < 1.29 is 9.53 Å². The Bertz CT molecular complexity index is 363. The van der Waals surface area contributed by atoms with Crippen LogP contribution in [0, 0.1) is 0 Å². The minimum absolute atomic E-state index is 0.241. The van der Waals surface area contributed by atoms with Crippen molar-refractivity contribution in [1.29, 1.82) is 0 Å². The molecule has 0 radical (unpaired) electrons. The molecule has 0 aliphatic rings. The fourth-order valence-corrected chi connectivity index (χ4v) is 1.87. The highest BCUT2D eigenvalue weighted by atomic mass is 16.5. The van der Waals surface area contributed by atoms with Crippen molar-refractivity contribution >= 4 is 5.91 Å². The Morgan fingerprint density at radius 2 is 2.06 bits per heavy atom. The lowest BCUT2D eigenvalue weighted by Crippen LogP contribution is -2.23. The van der Waals surface area contributed by atoms with Crippen LogP contribution in [0.4, 0.5) is 0 Å². The van der Waals surface area contributed by atoms with E-state index in [9.17, 15) is 4.79 Å². The van der Waals surface area contributed by atoms with Gasteiger partial charge in [-0.05, 0) is 37.1 Å². The van der Waals surface area contributed by atoms with Crippen molar-refractivity contribution in [2.45, 2.75) is 32.2 Å². The van der Waals surface area contributed by atoms with Crippen molar-refractivity contribution in [3.8, 4) is 5.75 Å². The largest absolute Gasteiger partial charge is 0.497 e. The second kappa shape index (κ2) is 7.71. The first-order valence-electron chi connectivity index (χ1n) is 6.33. The number of benzene rings is 1. The standard InChI is InChI=1S/C14H22N2O2/c1-3-13(16-10-4-5-14(15)17)11-6-8-12(18-2)9-7-11/h6-9,13,16H,3-5,10H2,1-2H3,(H2,15,17). The molecule has 3 N–H and O–H groups in total. The predicted molar refractivity (Wildman–Crippen MR) is 72.5 cm³/mol. The van der Waals surface area contributed by atoms with Crippen LogP contribution in [0.5, 0.6) is 5.75 Å². The molecule has 1 atom stereocenters. The molecule has 1 unspecified atom stereocenters. The van der Waals surface area contributed by atoms with Crippen molar-refractivity contribution in [2.24, 2.45) is 5.73 Å². The van der Waals surface area contributed by atoms with Gasteiger partial charge in [-0.15, -0.1) is 0 Å². The molecule has 0 spiro atoms. The van der Waals surface area contributed by atoms with Crippen LogP contribution >= 0.6 is 0 Å². The number of hydrogen-bond acceptors (Lipinski definition) is 3. The summed E-state index contributed by atoms with van der Waals surface area (Å²) in [4.78, 5) is 10.6. The Labute approximate surface area is 109 Å². The number of rotatable bonds is 8. The first-order valence-corrected chi connectivity index (χ1v) is 6.33. The van der Waals surface area contributed by atoms with Crippen molar-refractivity contribution in [2.75, 3.05) is 13.7 Å². The molecule has 0 aliphatic carbocycles. The number of carbonyl (C=O) groups is 1. The van der Waals surface area contributed by atoms with Crippen molar-refractivity contribution in [1.82, 2.24) is 5.32 Å². The first kappa shape index (κ1) is 14.5. The molecule has 1 aromatic carbocycles. The van der Waals surface area contributed by atoms with Gasteiger partial charge in [0, 0.05) is 12.5 Å². The molecule has 100 valence electrons. The number of amides is 1. The second-order valence-electron chi connectivity index (χ2n) is 4.26. The maximum atomic E-state index is 10.6. The fourth-order valence-electron chi connectivity index (χ4n) is 1.87. The molecule has 1 aromatic rings. The van der Waals surface area contributed by atoms with Crippen LogP contribution < -0.4 is 15.8 Å². The average molecular weight is 250 g/mol. The molecule has 0 aromatic heterocycles. The molecule has 0 saturated heterocycles. The average Bonchev–Trinajstić information content (AvgIpc) is 2.39. The maximum Gasteiger partial charge on any atom is 0.217 e. The van der Waals surface area contributed by atoms with E-state index in [1.165, 1.54) is 5.56 Å². The van der Waals surface area contributed by atoms with Crippen molar-refractivity contribution in [3.63, 3.8) is 0 Å². The zero-order valence-electron chi connectivity index (χ0n) is 11.1. The Balaban J connectivity index is 2.46. The van der Waals surface area contributed by atoms with Crippen molar-refractivity contribution in [3.05, 3.63) is 29.8 Å². The van der Waals surface area contributed by atoms with E-state index in [1.54, 1.807) is 7.11 Å². The van der Waals surface area contributed by atoms with Crippen LogP contribution in [0.3, 0.4) is 0 Å². The topological polar surface area (TPSA) is 64.3 Å². The van der Waals surface area contributed by atoms with Gasteiger partial charge in [-0.2, -0.15) is 0 Å². The van der Waals surface area contributed by atoms with Gasteiger partial charge in [-0.3, -0.25) is 4.79 Å². The lowest BCUT2D eigenvalue weighted by molar-refractivity contribution is -0.118. The molecule has 4 heteroatoms. The first-order chi connectivity index (χ1) is 8.67. The summed E-state index contributed by atoms with van der Waals surface area (Å²) < 4.78 is 5.14. The monoisotopic (exact) mass is 250 g/mol. The Hall–Kier alpha value is -1.55. The summed E-state index contributed by atoms with van der Waals surface area (Å²) in [6.07, 6.45) is 2.22. The summed E-state index contributed by atoms with van der Waals surface area (Å²) in [5, 5.41) is 3.43. The smallest absolute Gasteiger partial charge is 0.217 e. The molecule has 0 bridgehead atoms. The van der Waals surface area contributed by atoms with E-state index >= 15 is 0 Å². The highest BCUT2D eigenvalue weighted by molar-refractivity contribution is 5.73. The number of nitrogens with one attached hydrogen (secondary N) is 1.